The number of likely N-dealkylation sites (tertiary alicyclic amines) is 1. The van der Waals surface area contributed by atoms with Crippen molar-refractivity contribution < 1.29 is 14.3 Å². The van der Waals surface area contributed by atoms with Gasteiger partial charge in [0.05, 0.1) is 25.7 Å². The molecule has 1 fully saturated rings. The Labute approximate surface area is 151 Å². The third-order valence-electron chi connectivity index (χ3n) is 4.12. The van der Waals surface area contributed by atoms with Crippen LogP contribution in [0.5, 0.6) is 11.5 Å². The first-order valence-electron chi connectivity index (χ1n) is 8.18. The van der Waals surface area contributed by atoms with E-state index in [0.717, 1.165) is 42.3 Å². The number of methoxy groups -OCH3 is 2. The Kier molecular flexibility index (Phi) is 5.75. The second-order valence-electron chi connectivity index (χ2n) is 5.70. The molecule has 1 aliphatic rings. The molecule has 0 aliphatic carbocycles. The average Bonchev–Trinajstić information content (AvgIpc) is 3.21. The van der Waals surface area contributed by atoms with Crippen LogP contribution in [0.25, 0.3) is 11.3 Å². The van der Waals surface area contributed by atoms with Crippen molar-refractivity contribution in [3.05, 3.63) is 30.3 Å². The number of nitrogens with zero attached hydrogens (tertiary/aromatic N) is 3. The number of rotatable bonds is 6. The Morgan fingerprint density at radius 3 is 2.56 bits per heavy atom. The first-order valence-corrected chi connectivity index (χ1v) is 9.16. The van der Waals surface area contributed by atoms with Gasteiger partial charge in [0, 0.05) is 18.7 Å². The summed E-state index contributed by atoms with van der Waals surface area (Å²) in [7, 11) is 3.24. The summed E-state index contributed by atoms with van der Waals surface area (Å²) in [5, 5.41) is 9.24. The summed E-state index contributed by atoms with van der Waals surface area (Å²) in [6.07, 6.45) is 2.21. The van der Waals surface area contributed by atoms with E-state index in [0.29, 0.717) is 17.2 Å². The molecule has 3 rings (SSSR count). The Bertz CT molecular complexity index is 731. The summed E-state index contributed by atoms with van der Waals surface area (Å²) in [5.41, 5.74) is 1.52. The molecule has 0 saturated carbocycles. The molecule has 0 unspecified atom stereocenters. The number of carbonyl (C=O) groups is 1. The standard InChI is InChI=1S/C18H21N3O3S/c1-23-13-5-7-16(24-2)14(11-13)15-6-8-17(20-19-15)25-12-18(22)21-9-3-4-10-21/h5-8,11H,3-4,9-10,12H2,1-2H3. The van der Waals surface area contributed by atoms with Crippen LogP contribution in [0.3, 0.4) is 0 Å². The normalized spacial score (nSPS) is 13.8. The molecule has 25 heavy (non-hydrogen) atoms. The van der Waals surface area contributed by atoms with Crippen molar-refractivity contribution in [2.45, 2.75) is 17.9 Å². The molecule has 2 aromatic rings. The maximum atomic E-state index is 12.1. The second-order valence-corrected chi connectivity index (χ2v) is 6.70. The molecule has 1 saturated heterocycles. The van der Waals surface area contributed by atoms with Gasteiger partial charge in [-0.1, -0.05) is 11.8 Å². The predicted molar refractivity (Wildman–Crippen MR) is 97.1 cm³/mol. The van der Waals surface area contributed by atoms with Crippen LogP contribution in [0.1, 0.15) is 12.8 Å². The smallest absolute Gasteiger partial charge is 0.232 e. The number of hydrogen-bond donors (Lipinski definition) is 0. The van der Waals surface area contributed by atoms with Gasteiger partial charge >= 0.3 is 0 Å². The summed E-state index contributed by atoms with van der Waals surface area (Å²) in [6.45, 7) is 1.75. The highest BCUT2D eigenvalue weighted by Gasteiger charge is 2.18. The lowest BCUT2D eigenvalue weighted by molar-refractivity contribution is -0.127. The maximum absolute atomic E-state index is 12.1. The van der Waals surface area contributed by atoms with Crippen LogP contribution in [0.15, 0.2) is 35.4 Å². The van der Waals surface area contributed by atoms with Gasteiger partial charge < -0.3 is 14.4 Å². The molecule has 2 heterocycles. The van der Waals surface area contributed by atoms with E-state index in [4.69, 9.17) is 9.47 Å². The third kappa shape index (κ3) is 4.22. The molecule has 0 radical (unpaired) electrons. The van der Waals surface area contributed by atoms with Crippen molar-refractivity contribution >= 4 is 17.7 Å². The maximum Gasteiger partial charge on any atom is 0.232 e. The summed E-state index contributed by atoms with van der Waals surface area (Å²) in [4.78, 5) is 14.0. The molecular weight excluding hydrogens is 338 g/mol. The van der Waals surface area contributed by atoms with E-state index >= 15 is 0 Å². The summed E-state index contributed by atoms with van der Waals surface area (Å²) < 4.78 is 10.6. The van der Waals surface area contributed by atoms with Crippen LogP contribution < -0.4 is 9.47 Å². The summed E-state index contributed by atoms with van der Waals surface area (Å²) in [6, 6.07) is 9.31. The number of benzene rings is 1. The molecule has 0 bridgehead atoms. The number of amides is 1. The molecular formula is C18H21N3O3S. The van der Waals surface area contributed by atoms with Crippen molar-refractivity contribution in [1.29, 1.82) is 0 Å². The van der Waals surface area contributed by atoms with Gasteiger partial charge in [0.25, 0.3) is 0 Å². The fourth-order valence-corrected chi connectivity index (χ4v) is 3.47. The van der Waals surface area contributed by atoms with Crippen LogP contribution in [0, 0.1) is 0 Å². The van der Waals surface area contributed by atoms with Crippen LogP contribution >= 0.6 is 11.8 Å². The fourth-order valence-electron chi connectivity index (χ4n) is 2.75. The molecule has 7 heteroatoms. The monoisotopic (exact) mass is 359 g/mol. The summed E-state index contributed by atoms with van der Waals surface area (Å²) >= 11 is 1.42. The molecule has 132 valence electrons. The van der Waals surface area contributed by atoms with Crippen LogP contribution in [-0.4, -0.2) is 54.1 Å². The van der Waals surface area contributed by atoms with E-state index in [1.54, 1.807) is 14.2 Å². The average molecular weight is 359 g/mol. The Hall–Kier alpha value is -2.28. The van der Waals surface area contributed by atoms with Gasteiger partial charge in [-0.05, 0) is 43.2 Å². The molecule has 1 aromatic carbocycles. The highest BCUT2D eigenvalue weighted by Crippen LogP contribution is 2.32. The van der Waals surface area contributed by atoms with Gasteiger partial charge in [0.15, 0.2) is 0 Å². The molecule has 1 amide bonds. The van der Waals surface area contributed by atoms with Crippen molar-refractivity contribution in [3.8, 4) is 22.8 Å². The highest BCUT2D eigenvalue weighted by molar-refractivity contribution is 7.99. The number of thioether (sulfide) groups is 1. The van der Waals surface area contributed by atoms with Crippen molar-refractivity contribution in [1.82, 2.24) is 15.1 Å². The van der Waals surface area contributed by atoms with Crippen LogP contribution in [-0.2, 0) is 4.79 Å². The zero-order valence-electron chi connectivity index (χ0n) is 14.4. The van der Waals surface area contributed by atoms with E-state index in [1.807, 2.05) is 35.2 Å². The number of aromatic nitrogens is 2. The van der Waals surface area contributed by atoms with Crippen molar-refractivity contribution in [3.63, 3.8) is 0 Å². The molecule has 0 N–H and O–H groups in total. The van der Waals surface area contributed by atoms with E-state index in [2.05, 4.69) is 10.2 Å². The zero-order chi connectivity index (χ0) is 17.6. The summed E-state index contributed by atoms with van der Waals surface area (Å²) in [5.74, 6) is 2.01. The highest BCUT2D eigenvalue weighted by atomic mass is 32.2. The minimum Gasteiger partial charge on any atom is -0.497 e. The van der Waals surface area contributed by atoms with Gasteiger partial charge in [-0.25, -0.2) is 0 Å². The lowest BCUT2D eigenvalue weighted by Gasteiger charge is -2.14. The second kappa shape index (κ2) is 8.20. The Morgan fingerprint density at radius 2 is 1.92 bits per heavy atom. The van der Waals surface area contributed by atoms with Gasteiger partial charge in [-0.15, -0.1) is 10.2 Å². The zero-order valence-corrected chi connectivity index (χ0v) is 15.2. The minimum absolute atomic E-state index is 0.169. The minimum atomic E-state index is 0.169. The first kappa shape index (κ1) is 17.5. The van der Waals surface area contributed by atoms with Gasteiger partial charge in [0.1, 0.15) is 16.5 Å². The number of hydrogen-bond acceptors (Lipinski definition) is 6. The van der Waals surface area contributed by atoms with E-state index in [1.165, 1.54) is 11.8 Å². The van der Waals surface area contributed by atoms with Crippen LogP contribution in [0.2, 0.25) is 0 Å². The van der Waals surface area contributed by atoms with E-state index < -0.39 is 0 Å². The molecule has 6 nitrogen and oxygen atoms in total. The topological polar surface area (TPSA) is 64.6 Å². The lowest BCUT2D eigenvalue weighted by Crippen LogP contribution is -2.29. The fraction of sp³-hybridized carbons (Fsp3) is 0.389. The predicted octanol–water partition coefficient (Wildman–Crippen LogP) is 2.88. The quantitative estimate of drug-likeness (QED) is 0.739. The molecule has 1 aliphatic heterocycles. The molecule has 0 spiro atoms. The van der Waals surface area contributed by atoms with Gasteiger partial charge in [0.2, 0.25) is 5.91 Å². The molecule has 1 aromatic heterocycles. The SMILES string of the molecule is COc1ccc(OC)c(-c2ccc(SCC(=O)N3CCCC3)nn2)c1. The number of ether oxygens (including phenoxy) is 2. The van der Waals surface area contributed by atoms with Gasteiger partial charge in [-0.2, -0.15) is 0 Å². The first-order chi connectivity index (χ1) is 12.2. The lowest BCUT2D eigenvalue weighted by atomic mass is 10.1. The van der Waals surface area contributed by atoms with Gasteiger partial charge in [-0.3, -0.25) is 4.79 Å². The van der Waals surface area contributed by atoms with E-state index in [9.17, 15) is 4.79 Å². The van der Waals surface area contributed by atoms with Crippen molar-refractivity contribution in [2.24, 2.45) is 0 Å². The van der Waals surface area contributed by atoms with Crippen molar-refractivity contribution in [2.75, 3.05) is 33.1 Å². The number of carbonyl (C=O) groups excluding carboxylic acids is 1. The molecule has 0 atom stereocenters. The van der Waals surface area contributed by atoms with Crippen LogP contribution in [0.4, 0.5) is 0 Å². The van der Waals surface area contributed by atoms with E-state index in [-0.39, 0.29) is 5.91 Å². The Morgan fingerprint density at radius 1 is 1.12 bits per heavy atom. The Balaban J connectivity index is 1.68. The third-order valence-corrected chi connectivity index (χ3v) is 5.03. The largest absolute Gasteiger partial charge is 0.497 e.